The van der Waals surface area contributed by atoms with Crippen molar-refractivity contribution in [3.05, 3.63) is 52.7 Å². The van der Waals surface area contributed by atoms with Crippen LogP contribution in [-0.4, -0.2) is 49.2 Å². The predicted octanol–water partition coefficient (Wildman–Crippen LogP) is 2.68. The van der Waals surface area contributed by atoms with Crippen LogP contribution in [0.15, 0.2) is 47.5 Å². The molecule has 2 aromatic rings. The Balaban J connectivity index is 2.25. The Morgan fingerprint density at radius 1 is 1.16 bits per heavy atom. The summed E-state index contributed by atoms with van der Waals surface area (Å²) in [6, 6.07) is 7.28. The third kappa shape index (κ3) is 6.54. The van der Waals surface area contributed by atoms with Gasteiger partial charge in [-0.05, 0) is 45.9 Å². The third-order valence-corrected chi connectivity index (χ3v) is 5.62. The first-order chi connectivity index (χ1) is 14.3. The Kier molecular flexibility index (Phi) is 7.47. The fourth-order valence-corrected chi connectivity index (χ4v) is 4.05. The SMILES string of the molecule is COC(=O)C(NS(=O)(=O)c1ccc(-c2ccc([N+](=O)[O-])cn2)cc1)C(C)OC(C)(C)C. The van der Waals surface area contributed by atoms with E-state index in [0.717, 1.165) is 6.20 Å². The van der Waals surface area contributed by atoms with E-state index in [1.54, 1.807) is 27.7 Å². The van der Waals surface area contributed by atoms with Crippen LogP contribution in [0.2, 0.25) is 0 Å². The fraction of sp³-hybridized carbons (Fsp3) is 0.400. The number of carbonyl (C=O) groups is 1. The topological polar surface area (TPSA) is 138 Å². The Hall–Kier alpha value is -2.89. The quantitative estimate of drug-likeness (QED) is 0.367. The number of ether oxygens (including phenoxy) is 2. The molecule has 0 radical (unpaired) electrons. The maximum atomic E-state index is 12.8. The van der Waals surface area contributed by atoms with Gasteiger partial charge in [-0.15, -0.1) is 0 Å². The highest BCUT2D eigenvalue weighted by Crippen LogP contribution is 2.22. The molecular formula is C20H25N3O7S. The monoisotopic (exact) mass is 451 g/mol. The molecule has 168 valence electrons. The van der Waals surface area contributed by atoms with E-state index in [0.29, 0.717) is 11.3 Å². The van der Waals surface area contributed by atoms with Gasteiger partial charge in [-0.1, -0.05) is 12.1 Å². The molecule has 10 nitrogen and oxygen atoms in total. The molecule has 31 heavy (non-hydrogen) atoms. The van der Waals surface area contributed by atoms with E-state index in [1.165, 1.54) is 43.5 Å². The Labute approximate surface area is 180 Å². The maximum absolute atomic E-state index is 12.8. The van der Waals surface area contributed by atoms with E-state index in [9.17, 15) is 23.3 Å². The number of nitrogens with one attached hydrogen (secondary N) is 1. The highest BCUT2D eigenvalue weighted by atomic mass is 32.2. The van der Waals surface area contributed by atoms with Gasteiger partial charge in [0, 0.05) is 11.6 Å². The van der Waals surface area contributed by atoms with E-state index >= 15 is 0 Å². The molecule has 0 aliphatic rings. The number of hydrogen-bond donors (Lipinski definition) is 1. The molecule has 0 spiro atoms. The molecule has 2 rings (SSSR count). The predicted molar refractivity (Wildman–Crippen MR) is 113 cm³/mol. The highest BCUT2D eigenvalue weighted by molar-refractivity contribution is 7.89. The first-order valence-corrected chi connectivity index (χ1v) is 10.8. The van der Waals surface area contributed by atoms with E-state index < -0.39 is 38.7 Å². The van der Waals surface area contributed by atoms with Crippen molar-refractivity contribution in [1.82, 2.24) is 9.71 Å². The largest absolute Gasteiger partial charge is 0.468 e. The molecule has 0 fully saturated rings. The van der Waals surface area contributed by atoms with Gasteiger partial charge in [-0.25, -0.2) is 13.4 Å². The van der Waals surface area contributed by atoms with Gasteiger partial charge < -0.3 is 9.47 Å². The van der Waals surface area contributed by atoms with Crippen molar-refractivity contribution in [3.63, 3.8) is 0 Å². The van der Waals surface area contributed by atoms with Crippen LogP contribution in [0.4, 0.5) is 5.69 Å². The summed E-state index contributed by atoms with van der Waals surface area (Å²) in [7, 11) is -2.91. The normalized spacial score (nSPS) is 14.0. The molecular weight excluding hydrogens is 426 g/mol. The minimum Gasteiger partial charge on any atom is -0.468 e. The number of aromatic nitrogens is 1. The number of methoxy groups -OCH3 is 1. The lowest BCUT2D eigenvalue weighted by atomic mass is 10.1. The summed E-state index contributed by atoms with van der Waals surface area (Å²) in [5.74, 6) is -0.771. The first kappa shape index (κ1) is 24.4. The standard InChI is InChI=1S/C20H25N3O7S/c1-13(30-20(2,3)4)18(19(24)29-5)22-31(27,28)16-9-6-14(7-10-16)17-11-8-15(12-21-17)23(25)26/h6-13,18,22H,1-5H3. The zero-order valence-corrected chi connectivity index (χ0v) is 18.7. The van der Waals surface area contributed by atoms with Crippen molar-refractivity contribution in [2.24, 2.45) is 0 Å². The maximum Gasteiger partial charge on any atom is 0.326 e. The van der Waals surface area contributed by atoms with Crippen LogP contribution < -0.4 is 4.72 Å². The smallest absolute Gasteiger partial charge is 0.326 e. The molecule has 0 amide bonds. The summed E-state index contributed by atoms with van der Waals surface area (Å²) in [6.07, 6.45) is 0.338. The van der Waals surface area contributed by atoms with Crippen LogP contribution >= 0.6 is 0 Å². The first-order valence-electron chi connectivity index (χ1n) is 9.33. The molecule has 0 aliphatic carbocycles. The number of benzene rings is 1. The van der Waals surface area contributed by atoms with Crippen LogP contribution in [0.3, 0.4) is 0 Å². The second-order valence-electron chi connectivity index (χ2n) is 7.74. The van der Waals surface area contributed by atoms with Crippen molar-refractivity contribution < 1.29 is 27.6 Å². The van der Waals surface area contributed by atoms with Crippen LogP contribution in [0.25, 0.3) is 11.3 Å². The lowest BCUT2D eigenvalue weighted by Gasteiger charge is -2.29. The fourth-order valence-electron chi connectivity index (χ4n) is 2.79. The minimum atomic E-state index is -4.07. The lowest BCUT2D eigenvalue weighted by Crippen LogP contribution is -2.50. The van der Waals surface area contributed by atoms with Gasteiger partial charge in [-0.3, -0.25) is 14.9 Å². The number of sulfonamides is 1. The van der Waals surface area contributed by atoms with E-state index in [2.05, 4.69) is 9.71 Å². The number of nitrogens with zero attached hydrogens (tertiary/aromatic N) is 2. The molecule has 0 saturated carbocycles. The third-order valence-electron chi connectivity index (χ3n) is 4.17. The van der Waals surface area contributed by atoms with Crippen LogP contribution in [-0.2, 0) is 24.3 Å². The van der Waals surface area contributed by atoms with Crippen LogP contribution in [0.5, 0.6) is 0 Å². The molecule has 1 heterocycles. The average Bonchev–Trinajstić information content (AvgIpc) is 2.70. The number of nitro groups is 1. The molecule has 11 heteroatoms. The van der Waals surface area contributed by atoms with E-state index in [-0.39, 0.29) is 10.6 Å². The summed E-state index contributed by atoms with van der Waals surface area (Å²) in [5, 5.41) is 10.7. The summed E-state index contributed by atoms with van der Waals surface area (Å²) in [4.78, 5) is 26.3. The summed E-state index contributed by atoms with van der Waals surface area (Å²) < 4.78 is 38.5. The van der Waals surface area contributed by atoms with Gasteiger partial charge >= 0.3 is 5.97 Å². The van der Waals surface area contributed by atoms with Crippen LogP contribution in [0, 0.1) is 10.1 Å². The van der Waals surface area contributed by atoms with Gasteiger partial charge in [0.05, 0.1) is 34.3 Å². The highest BCUT2D eigenvalue weighted by Gasteiger charge is 2.34. The lowest BCUT2D eigenvalue weighted by molar-refractivity contribution is -0.385. The van der Waals surface area contributed by atoms with Crippen molar-refractivity contribution in [3.8, 4) is 11.3 Å². The zero-order chi connectivity index (χ0) is 23.4. The van der Waals surface area contributed by atoms with Gasteiger partial charge in [-0.2, -0.15) is 4.72 Å². The van der Waals surface area contributed by atoms with Crippen LogP contribution in [0.1, 0.15) is 27.7 Å². The minimum absolute atomic E-state index is 0.0741. The summed E-state index contributed by atoms with van der Waals surface area (Å²) in [6.45, 7) is 6.95. The molecule has 0 saturated heterocycles. The summed E-state index contributed by atoms with van der Waals surface area (Å²) in [5.41, 5.74) is 0.272. The number of esters is 1. The average molecular weight is 452 g/mol. The van der Waals surface area contributed by atoms with Crippen molar-refractivity contribution >= 4 is 21.7 Å². The van der Waals surface area contributed by atoms with Gasteiger partial charge in [0.1, 0.15) is 12.2 Å². The molecule has 2 unspecified atom stereocenters. The zero-order valence-electron chi connectivity index (χ0n) is 17.9. The van der Waals surface area contributed by atoms with Crippen molar-refractivity contribution in [1.29, 1.82) is 0 Å². The number of pyridine rings is 1. The van der Waals surface area contributed by atoms with Gasteiger partial charge in [0.2, 0.25) is 10.0 Å². The Morgan fingerprint density at radius 2 is 1.77 bits per heavy atom. The molecule has 1 aromatic carbocycles. The Morgan fingerprint density at radius 3 is 2.23 bits per heavy atom. The van der Waals surface area contributed by atoms with Gasteiger partial charge in [0.25, 0.3) is 5.69 Å². The second kappa shape index (κ2) is 9.50. The number of rotatable bonds is 8. The summed E-state index contributed by atoms with van der Waals surface area (Å²) >= 11 is 0. The van der Waals surface area contributed by atoms with Gasteiger partial charge in [0.15, 0.2) is 0 Å². The molecule has 2 atom stereocenters. The number of hydrogen-bond acceptors (Lipinski definition) is 8. The number of carbonyl (C=O) groups excluding carboxylic acids is 1. The van der Waals surface area contributed by atoms with E-state index in [4.69, 9.17) is 9.47 Å². The second-order valence-corrected chi connectivity index (χ2v) is 9.45. The van der Waals surface area contributed by atoms with Crippen molar-refractivity contribution in [2.75, 3.05) is 7.11 Å². The molecule has 1 N–H and O–H groups in total. The van der Waals surface area contributed by atoms with E-state index in [1.807, 2.05) is 0 Å². The Bertz CT molecular complexity index is 1030. The van der Waals surface area contributed by atoms with Crippen molar-refractivity contribution in [2.45, 2.75) is 50.3 Å². The molecule has 0 bridgehead atoms. The molecule has 0 aliphatic heterocycles. The molecule has 1 aromatic heterocycles.